The number of ketones is 1. The van der Waals surface area contributed by atoms with E-state index >= 15 is 0 Å². The van der Waals surface area contributed by atoms with Gasteiger partial charge in [0.2, 0.25) is 5.91 Å². The Labute approximate surface area is 175 Å². The predicted molar refractivity (Wildman–Crippen MR) is 114 cm³/mol. The maximum absolute atomic E-state index is 13.9. The van der Waals surface area contributed by atoms with Crippen molar-refractivity contribution in [3.8, 4) is 0 Å². The number of nitrogens with one attached hydrogen (secondary N) is 1. The molecule has 3 aromatic carbocycles. The number of amides is 1. The van der Waals surface area contributed by atoms with E-state index in [4.69, 9.17) is 4.74 Å². The summed E-state index contributed by atoms with van der Waals surface area (Å²) in [6.45, 7) is 1.87. The zero-order chi connectivity index (χ0) is 20.7. The molecule has 1 N–H and O–H groups in total. The number of fused-ring (bicyclic) bond motifs is 2. The Bertz CT molecular complexity index is 1070. The first-order valence-corrected chi connectivity index (χ1v) is 10.1. The van der Waals surface area contributed by atoms with E-state index in [1.54, 1.807) is 17.0 Å². The largest absolute Gasteiger partial charge is 0.348 e. The molecule has 2 saturated heterocycles. The SMILES string of the molecule is CC1OC2(c3ccccc3)NC1C(=O)N(c1ccccc1)C2C(=O)c1ccccc1. The van der Waals surface area contributed by atoms with Crippen molar-refractivity contribution < 1.29 is 14.3 Å². The summed E-state index contributed by atoms with van der Waals surface area (Å²) in [5.74, 6) is -0.330. The second-order valence-electron chi connectivity index (χ2n) is 7.72. The Morgan fingerprint density at radius 3 is 2.10 bits per heavy atom. The second-order valence-corrected chi connectivity index (χ2v) is 7.72. The van der Waals surface area contributed by atoms with Gasteiger partial charge in [-0.25, -0.2) is 0 Å². The van der Waals surface area contributed by atoms with E-state index in [0.717, 1.165) is 5.56 Å². The van der Waals surface area contributed by atoms with Crippen molar-refractivity contribution in [1.82, 2.24) is 5.32 Å². The van der Waals surface area contributed by atoms with Crippen LogP contribution in [-0.4, -0.2) is 29.9 Å². The Balaban J connectivity index is 1.74. The molecule has 5 heteroatoms. The highest BCUT2D eigenvalue weighted by atomic mass is 16.5. The molecular formula is C25H22N2O3. The van der Waals surface area contributed by atoms with Gasteiger partial charge in [0.1, 0.15) is 12.1 Å². The maximum atomic E-state index is 13.9. The molecule has 3 aromatic rings. The molecule has 2 aliphatic rings. The molecule has 2 fully saturated rings. The molecule has 0 saturated carbocycles. The predicted octanol–water partition coefficient (Wildman–Crippen LogP) is 3.51. The minimum Gasteiger partial charge on any atom is -0.348 e. The minimum atomic E-state index is -1.14. The van der Waals surface area contributed by atoms with Crippen molar-refractivity contribution in [2.45, 2.75) is 30.8 Å². The summed E-state index contributed by atoms with van der Waals surface area (Å²) in [4.78, 5) is 29.1. The lowest BCUT2D eigenvalue weighted by molar-refractivity contribution is -0.123. The topological polar surface area (TPSA) is 58.6 Å². The van der Waals surface area contributed by atoms with Crippen molar-refractivity contribution in [1.29, 1.82) is 0 Å². The van der Waals surface area contributed by atoms with Crippen LogP contribution in [0.4, 0.5) is 5.69 Å². The van der Waals surface area contributed by atoms with Gasteiger partial charge in [0.05, 0.1) is 6.10 Å². The van der Waals surface area contributed by atoms with E-state index in [2.05, 4.69) is 5.32 Å². The number of anilines is 1. The van der Waals surface area contributed by atoms with E-state index in [1.165, 1.54) is 0 Å². The fraction of sp³-hybridized carbons (Fsp3) is 0.200. The van der Waals surface area contributed by atoms with Gasteiger partial charge in [-0.2, -0.15) is 0 Å². The first-order valence-electron chi connectivity index (χ1n) is 10.1. The average Bonchev–Trinajstić information content (AvgIpc) is 3.12. The van der Waals surface area contributed by atoms with Crippen LogP contribution in [0.2, 0.25) is 0 Å². The van der Waals surface area contributed by atoms with E-state index in [9.17, 15) is 9.59 Å². The van der Waals surface area contributed by atoms with Crippen molar-refractivity contribution >= 4 is 17.4 Å². The molecule has 30 heavy (non-hydrogen) atoms. The number of benzene rings is 3. The maximum Gasteiger partial charge on any atom is 0.247 e. The van der Waals surface area contributed by atoms with Crippen molar-refractivity contribution in [3.05, 3.63) is 102 Å². The Morgan fingerprint density at radius 1 is 0.900 bits per heavy atom. The number of Topliss-reactive ketones (excluding diaryl/α,β-unsaturated/α-hetero) is 1. The minimum absolute atomic E-state index is 0.160. The molecular weight excluding hydrogens is 376 g/mol. The number of carbonyl (C=O) groups is 2. The molecule has 5 rings (SSSR count). The number of hydrogen-bond acceptors (Lipinski definition) is 4. The van der Waals surface area contributed by atoms with E-state index in [-0.39, 0.29) is 17.8 Å². The van der Waals surface area contributed by atoms with Gasteiger partial charge in [0.25, 0.3) is 0 Å². The van der Waals surface area contributed by atoms with Gasteiger partial charge in [-0.15, -0.1) is 0 Å². The van der Waals surface area contributed by atoms with Crippen molar-refractivity contribution in [2.24, 2.45) is 0 Å². The lowest BCUT2D eigenvalue weighted by Gasteiger charge is -2.46. The van der Waals surface area contributed by atoms with Gasteiger partial charge in [0, 0.05) is 16.8 Å². The van der Waals surface area contributed by atoms with Crippen LogP contribution in [0.25, 0.3) is 0 Å². The number of ether oxygens (including phenoxy) is 1. The molecule has 0 aromatic heterocycles. The van der Waals surface area contributed by atoms with Crippen molar-refractivity contribution in [3.63, 3.8) is 0 Å². The number of carbonyl (C=O) groups excluding carboxylic acids is 2. The van der Waals surface area contributed by atoms with Crippen LogP contribution >= 0.6 is 0 Å². The number of piperazine rings is 1. The second kappa shape index (κ2) is 7.20. The van der Waals surface area contributed by atoms with Gasteiger partial charge in [0.15, 0.2) is 11.5 Å². The van der Waals surface area contributed by atoms with Gasteiger partial charge in [-0.3, -0.25) is 19.8 Å². The molecule has 1 amide bonds. The number of rotatable bonds is 4. The first-order chi connectivity index (χ1) is 14.6. The third-order valence-corrected chi connectivity index (χ3v) is 5.90. The molecule has 0 spiro atoms. The zero-order valence-electron chi connectivity index (χ0n) is 16.6. The summed E-state index contributed by atoms with van der Waals surface area (Å²) in [6.07, 6.45) is -0.377. The summed E-state index contributed by atoms with van der Waals surface area (Å²) >= 11 is 0. The highest BCUT2D eigenvalue weighted by Crippen LogP contribution is 2.44. The summed E-state index contributed by atoms with van der Waals surface area (Å²) < 4.78 is 6.44. The van der Waals surface area contributed by atoms with Crippen molar-refractivity contribution in [2.75, 3.05) is 4.90 Å². The van der Waals surface area contributed by atoms with Crippen LogP contribution in [0, 0.1) is 0 Å². The van der Waals surface area contributed by atoms with E-state index in [1.807, 2.05) is 85.8 Å². The highest BCUT2D eigenvalue weighted by Gasteiger charge is 2.63. The smallest absolute Gasteiger partial charge is 0.247 e. The van der Waals surface area contributed by atoms with E-state index in [0.29, 0.717) is 11.3 Å². The lowest BCUT2D eigenvalue weighted by Crippen LogP contribution is -2.70. The quantitative estimate of drug-likeness (QED) is 0.684. The molecule has 2 heterocycles. The lowest BCUT2D eigenvalue weighted by atomic mass is 9.85. The first kappa shape index (κ1) is 18.7. The molecule has 2 bridgehead atoms. The normalized spacial score (nSPS) is 27.8. The summed E-state index contributed by atoms with van der Waals surface area (Å²) in [5.41, 5.74) is 0.903. The fourth-order valence-corrected chi connectivity index (χ4v) is 4.53. The number of para-hydroxylation sites is 1. The average molecular weight is 398 g/mol. The fourth-order valence-electron chi connectivity index (χ4n) is 4.53. The molecule has 150 valence electrons. The summed E-state index contributed by atoms with van der Waals surface area (Å²) in [7, 11) is 0. The summed E-state index contributed by atoms with van der Waals surface area (Å²) in [6, 6.07) is 26.6. The summed E-state index contributed by atoms with van der Waals surface area (Å²) in [5, 5.41) is 3.39. The monoisotopic (exact) mass is 398 g/mol. The van der Waals surface area contributed by atoms with Crippen LogP contribution in [-0.2, 0) is 15.3 Å². The van der Waals surface area contributed by atoms with Gasteiger partial charge >= 0.3 is 0 Å². The highest BCUT2D eigenvalue weighted by molar-refractivity contribution is 6.11. The molecule has 0 radical (unpaired) electrons. The number of nitrogens with zero attached hydrogens (tertiary/aromatic N) is 1. The molecule has 5 nitrogen and oxygen atoms in total. The third-order valence-electron chi connectivity index (χ3n) is 5.90. The molecule has 2 aliphatic heterocycles. The molecule has 4 unspecified atom stereocenters. The van der Waals surface area contributed by atoms with Gasteiger partial charge < -0.3 is 4.74 Å². The van der Waals surface area contributed by atoms with Crippen LogP contribution in [0.15, 0.2) is 91.0 Å². The Hall–Kier alpha value is -3.28. The number of hydrogen-bond donors (Lipinski definition) is 1. The van der Waals surface area contributed by atoms with E-state index < -0.39 is 17.8 Å². The molecule has 4 atom stereocenters. The van der Waals surface area contributed by atoms with Gasteiger partial charge in [-0.1, -0.05) is 78.9 Å². The standard InChI is InChI=1S/C25H22N2O3/c1-17-21-24(29)27(20-15-9-4-10-16-20)23(22(28)18-11-5-2-6-12-18)25(26-21,30-17)19-13-7-3-8-14-19/h2-17,21,23,26H,1H3. The van der Waals surface area contributed by atoms with Crippen LogP contribution < -0.4 is 10.2 Å². The Morgan fingerprint density at radius 2 is 1.47 bits per heavy atom. The van der Waals surface area contributed by atoms with Crippen LogP contribution in [0.3, 0.4) is 0 Å². The molecule has 0 aliphatic carbocycles. The van der Waals surface area contributed by atoms with Gasteiger partial charge in [-0.05, 0) is 19.1 Å². The third kappa shape index (κ3) is 2.78. The Kier molecular flexibility index (Phi) is 4.50. The van der Waals surface area contributed by atoms with Crippen LogP contribution in [0.5, 0.6) is 0 Å². The zero-order valence-corrected chi connectivity index (χ0v) is 16.6. The van der Waals surface area contributed by atoms with Crippen LogP contribution in [0.1, 0.15) is 22.8 Å².